The molecule has 0 bridgehead atoms. The van der Waals surface area contributed by atoms with Crippen molar-refractivity contribution in [2.75, 3.05) is 5.32 Å². The molecule has 1 heterocycles. The second-order valence-electron chi connectivity index (χ2n) is 5.19. The number of hydrogen-bond donors (Lipinski definition) is 1. The first-order chi connectivity index (χ1) is 10.4. The maximum absolute atomic E-state index is 12.1. The molecule has 2 aromatic rings. The lowest BCUT2D eigenvalue weighted by molar-refractivity contribution is -0.123. The van der Waals surface area contributed by atoms with E-state index in [-0.39, 0.29) is 5.76 Å². The molecular formula is C16H18N2O4. The molecule has 1 atom stereocenters. The van der Waals surface area contributed by atoms with E-state index < -0.39 is 18.0 Å². The number of carbonyl (C=O) groups is 2. The number of rotatable bonds is 4. The van der Waals surface area contributed by atoms with E-state index in [9.17, 15) is 9.59 Å². The molecule has 1 aromatic heterocycles. The normalized spacial score (nSPS) is 11.8. The van der Waals surface area contributed by atoms with Gasteiger partial charge < -0.3 is 14.6 Å². The van der Waals surface area contributed by atoms with Crippen LogP contribution in [0.5, 0.6) is 0 Å². The van der Waals surface area contributed by atoms with Crippen LogP contribution in [0.25, 0.3) is 0 Å². The van der Waals surface area contributed by atoms with Gasteiger partial charge in [0.2, 0.25) is 5.76 Å². The second-order valence-corrected chi connectivity index (χ2v) is 5.19. The number of hydrogen-bond acceptors (Lipinski definition) is 5. The highest BCUT2D eigenvalue weighted by Crippen LogP contribution is 2.16. The summed E-state index contributed by atoms with van der Waals surface area (Å²) in [5, 5.41) is 6.34. The van der Waals surface area contributed by atoms with Crippen molar-refractivity contribution in [2.45, 2.75) is 33.8 Å². The number of carbonyl (C=O) groups excluding carboxylic acids is 2. The van der Waals surface area contributed by atoms with Crippen molar-refractivity contribution in [3.8, 4) is 0 Å². The lowest BCUT2D eigenvalue weighted by Gasteiger charge is -2.14. The monoisotopic (exact) mass is 302 g/mol. The lowest BCUT2D eigenvalue weighted by Crippen LogP contribution is -2.30. The van der Waals surface area contributed by atoms with E-state index in [2.05, 4.69) is 10.5 Å². The zero-order valence-electron chi connectivity index (χ0n) is 13.0. The van der Waals surface area contributed by atoms with Crippen LogP contribution >= 0.6 is 0 Å². The highest BCUT2D eigenvalue weighted by molar-refractivity contribution is 5.97. The van der Waals surface area contributed by atoms with Gasteiger partial charge in [0.1, 0.15) is 0 Å². The van der Waals surface area contributed by atoms with E-state index in [0.717, 1.165) is 11.1 Å². The zero-order valence-corrected chi connectivity index (χ0v) is 13.0. The standard InChI is InChI=1S/C16H18N2O4/c1-9-5-6-13(10(2)7-9)17-15(19)12(4)21-16(20)14-8-11(3)18-22-14/h5-8,12H,1-4H3,(H,17,19)/t12-/m0/s1. The number of ether oxygens (including phenoxy) is 1. The molecule has 0 fully saturated rings. The van der Waals surface area contributed by atoms with Gasteiger partial charge in [0.25, 0.3) is 5.91 Å². The van der Waals surface area contributed by atoms with E-state index in [1.54, 1.807) is 6.92 Å². The summed E-state index contributed by atoms with van der Waals surface area (Å²) in [5.41, 5.74) is 3.31. The summed E-state index contributed by atoms with van der Waals surface area (Å²) < 4.78 is 9.86. The molecule has 0 spiro atoms. The summed E-state index contributed by atoms with van der Waals surface area (Å²) in [6.07, 6.45) is -0.946. The van der Waals surface area contributed by atoms with Gasteiger partial charge in [-0.05, 0) is 39.3 Å². The molecule has 6 nitrogen and oxygen atoms in total. The van der Waals surface area contributed by atoms with Crippen molar-refractivity contribution >= 4 is 17.6 Å². The van der Waals surface area contributed by atoms with E-state index in [4.69, 9.17) is 9.26 Å². The van der Waals surface area contributed by atoms with Crippen LogP contribution in [0.2, 0.25) is 0 Å². The van der Waals surface area contributed by atoms with Crippen LogP contribution in [-0.2, 0) is 9.53 Å². The van der Waals surface area contributed by atoms with E-state index >= 15 is 0 Å². The Hall–Kier alpha value is -2.63. The predicted octanol–water partition coefficient (Wildman–Crippen LogP) is 2.78. The van der Waals surface area contributed by atoms with Crippen LogP contribution in [0, 0.1) is 20.8 Å². The SMILES string of the molecule is Cc1ccc(NC(=O)[C@H](C)OC(=O)c2cc(C)no2)c(C)c1. The number of nitrogens with zero attached hydrogens (tertiary/aromatic N) is 1. The van der Waals surface area contributed by atoms with Crippen LogP contribution in [0.15, 0.2) is 28.8 Å². The molecule has 1 amide bonds. The largest absolute Gasteiger partial charge is 0.447 e. The molecule has 0 saturated carbocycles. The predicted molar refractivity (Wildman–Crippen MR) is 80.7 cm³/mol. The quantitative estimate of drug-likeness (QED) is 0.878. The Morgan fingerprint density at radius 1 is 1.23 bits per heavy atom. The molecule has 0 unspecified atom stereocenters. The smallest absolute Gasteiger partial charge is 0.377 e. The molecule has 0 aliphatic carbocycles. The fourth-order valence-electron chi connectivity index (χ4n) is 1.92. The first kappa shape index (κ1) is 15.8. The van der Waals surface area contributed by atoms with Crippen molar-refractivity contribution < 1.29 is 18.8 Å². The number of benzene rings is 1. The molecule has 0 aliphatic heterocycles. The van der Waals surface area contributed by atoms with Gasteiger partial charge in [0.05, 0.1) is 5.69 Å². The van der Waals surface area contributed by atoms with Gasteiger partial charge in [-0.1, -0.05) is 22.9 Å². The van der Waals surface area contributed by atoms with Crippen LogP contribution < -0.4 is 5.32 Å². The summed E-state index contributed by atoms with van der Waals surface area (Å²) in [7, 11) is 0. The van der Waals surface area contributed by atoms with E-state index in [1.807, 2.05) is 32.0 Å². The molecule has 1 aromatic carbocycles. The molecule has 2 rings (SSSR count). The average Bonchev–Trinajstić information content (AvgIpc) is 2.88. The topological polar surface area (TPSA) is 81.4 Å². The van der Waals surface area contributed by atoms with Crippen LogP contribution in [-0.4, -0.2) is 23.1 Å². The third-order valence-electron chi connectivity index (χ3n) is 3.12. The summed E-state index contributed by atoms with van der Waals surface area (Å²) in [4.78, 5) is 23.9. The van der Waals surface area contributed by atoms with Crippen LogP contribution in [0.3, 0.4) is 0 Å². The number of amides is 1. The Labute approximate surface area is 128 Å². The first-order valence-electron chi connectivity index (χ1n) is 6.89. The van der Waals surface area contributed by atoms with Gasteiger partial charge in [-0.3, -0.25) is 4.79 Å². The Morgan fingerprint density at radius 3 is 2.55 bits per heavy atom. The molecule has 1 N–H and O–H groups in total. The molecule has 116 valence electrons. The Balaban J connectivity index is 1.98. The molecular weight excluding hydrogens is 284 g/mol. The maximum Gasteiger partial charge on any atom is 0.377 e. The Morgan fingerprint density at radius 2 is 1.95 bits per heavy atom. The minimum Gasteiger partial charge on any atom is -0.447 e. The van der Waals surface area contributed by atoms with Gasteiger partial charge in [0.15, 0.2) is 6.10 Å². The van der Waals surface area contributed by atoms with Gasteiger partial charge in [-0.15, -0.1) is 0 Å². The fourth-order valence-corrected chi connectivity index (χ4v) is 1.92. The fraction of sp³-hybridized carbons (Fsp3) is 0.312. The van der Waals surface area contributed by atoms with Crippen molar-refractivity contribution in [2.24, 2.45) is 0 Å². The lowest BCUT2D eigenvalue weighted by atomic mass is 10.1. The number of nitrogens with one attached hydrogen (secondary N) is 1. The number of esters is 1. The first-order valence-corrected chi connectivity index (χ1v) is 6.89. The highest BCUT2D eigenvalue weighted by atomic mass is 16.6. The average molecular weight is 302 g/mol. The highest BCUT2D eigenvalue weighted by Gasteiger charge is 2.22. The molecule has 0 radical (unpaired) electrons. The molecule has 22 heavy (non-hydrogen) atoms. The van der Waals surface area contributed by atoms with Gasteiger partial charge in [-0.25, -0.2) is 4.79 Å². The zero-order chi connectivity index (χ0) is 16.3. The molecule has 0 aliphatic rings. The molecule has 0 saturated heterocycles. The summed E-state index contributed by atoms with van der Waals surface area (Å²) in [6.45, 7) is 7.07. The minimum atomic E-state index is -0.946. The van der Waals surface area contributed by atoms with Crippen LogP contribution in [0.4, 0.5) is 5.69 Å². The maximum atomic E-state index is 12.1. The summed E-state index contributed by atoms with van der Waals surface area (Å²) in [5.74, 6) is -1.15. The van der Waals surface area contributed by atoms with Crippen molar-refractivity contribution in [3.05, 3.63) is 46.8 Å². The summed E-state index contributed by atoms with van der Waals surface area (Å²) >= 11 is 0. The van der Waals surface area contributed by atoms with Crippen LogP contribution in [0.1, 0.15) is 34.3 Å². The number of aromatic nitrogens is 1. The van der Waals surface area contributed by atoms with Crippen molar-refractivity contribution in [3.63, 3.8) is 0 Å². The number of anilines is 1. The Bertz CT molecular complexity index is 706. The summed E-state index contributed by atoms with van der Waals surface area (Å²) in [6, 6.07) is 7.13. The van der Waals surface area contributed by atoms with Gasteiger partial charge in [0, 0.05) is 11.8 Å². The van der Waals surface area contributed by atoms with Gasteiger partial charge in [-0.2, -0.15) is 0 Å². The third kappa shape index (κ3) is 3.72. The van der Waals surface area contributed by atoms with Gasteiger partial charge >= 0.3 is 5.97 Å². The van der Waals surface area contributed by atoms with Crippen molar-refractivity contribution in [1.82, 2.24) is 5.16 Å². The molecule has 6 heteroatoms. The minimum absolute atomic E-state index is 0.0244. The number of aryl methyl sites for hydroxylation is 3. The third-order valence-corrected chi connectivity index (χ3v) is 3.12. The Kier molecular flexibility index (Phi) is 4.60. The van der Waals surface area contributed by atoms with E-state index in [0.29, 0.717) is 11.4 Å². The second kappa shape index (κ2) is 6.43. The van der Waals surface area contributed by atoms with Crippen molar-refractivity contribution in [1.29, 1.82) is 0 Å². The van der Waals surface area contributed by atoms with E-state index in [1.165, 1.54) is 13.0 Å².